The lowest BCUT2D eigenvalue weighted by molar-refractivity contribution is 0.000762. The van der Waals surface area contributed by atoms with Crippen molar-refractivity contribution >= 4 is 15.9 Å². The van der Waals surface area contributed by atoms with Crippen molar-refractivity contribution in [3.8, 4) is 0 Å². The lowest BCUT2D eigenvalue weighted by Crippen LogP contribution is -2.22. The summed E-state index contributed by atoms with van der Waals surface area (Å²) in [7, 11) is 0. The van der Waals surface area contributed by atoms with Crippen LogP contribution in [0, 0.1) is 17.6 Å². The molecular formula is C11H11BrF2O2. The van der Waals surface area contributed by atoms with Crippen LogP contribution in [0.4, 0.5) is 8.78 Å². The number of aliphatic hydroxyl groups excluding tert-OH is 2. The highest BCUT2D eigenvalue weighted by molar-refractivity contribution is 9.10. The van der Waals surface area contributed by atoms with Crippen molar-refractivity contribution in [2.45, 2.75) is 25.0 Å². The SMILES string of the molecule is OC(c1c(F)ccc(Br)c1F)C(O)C1CC1. The Labute approximate surface area is 100 Å². The normalized spacial score (nSPS) is 19.6. The molecular weight excluding hydrogens is 282 g/mol. The minimum absolute atomic E-state index is 0.0484. The molecule has 0 spiro atoms. The molecule has 2 N–H and O–H groups in total. The quantitative estimate of drug-likeness (QED) is 0.841. The van der Waals surface area contributed by atoms with E-state index in [1.807, 2.05) is 0 Å². The molecule has 2 atom stereocenters. The van der Waals surface area contributed by atoms with Crippen LogP contribution in [0.2, 0.25) is 0 Å². The van der Waals surface area contributed by atoms with E-state index in [0.29, 0.717) is 0 Å². The van der Waals surface area contributed by atoms with Gasteiger partial charge in [-0.3, -0.25) is 0 Å². The maximum absolute atomic E-state index is 13.6. The Hall–Kier alpha value is -0.520. The summed E-state index contributed by atoms with van der Waals surface area (Å²) < 4.78 is 27.1. The zero-order valence-electron chi connectivity index (χ0n) is 8.33. The van der Waals surface area contributed by atoms with Crippen molar-refractivity contribution in [3.63, 3.8) is 0 Å². The molecule has 1 aromatic rings. The molecule has 0 heterocycles. The molecule has 0 aliphatic heterocycles. The molecule has 0 aromatic heterocycles. The van der Waals surface area contributed by atoms with Gasteiger partial charge in [0.2, 0.25) is 0 Å². The summed E-state index contributed by atoms with van der Waals surface area (Å²) in [5.41, 5.74) is -0.464. The first-order chi connectivity index (χ1) is 7.52. The third kappa shape index (κ3) is 2.12. The second-order valence-electron chi connectivity index (χ2n) is 4.03. The summed E-state index contributed by atoms with van der Waals surface area (Å²) in [6.07, 6.45) is -1.03. The van der Waals surface area contributed by atoms with Crippen LogP contribution in [0.1, 0.15) is 24.5 Å². The molecule has 0 radical (unpaired) electrons. The van der Waals surface area contributed by atoms with Crippen LogP contribution in [0.5, 0.6) is 0 Å². The van der Waals surface area contributed by atoms with Crippen molar-refractivity contribution in [1.82, 2.24) is 0 Å². The van der Waals surface area contributed by atoms with Crippen LogP contribution in [0.15, 0.2) is 16.6 Å². The van der Waals surface area contributed by atoms with Crippen molar-refractivity contribution in [3.05, 3.63) is 33.8 Å². The predicted octanol–water partition coefficient (Wildman–Crippen LogP) is 2.53. The van der Waals surface area contributed by atoms with E-state index in [9.17, 15) is 19.0 Å². The van der Waals surface area contributed by atoms with E-state index >= 15 is 0 Å². The number of benzene rings is 1. The van der Waals surface area contributed by atoms with Crippen LogP contribution < -0.4 is 0 Å². The number of halogens is 3. The number of aliphatic hydroxyl groups is 2. The molecule has 1 aromatic carbocycles. The van der Waals surface area contributed by atoms with E-state index in [-0.39, 0.29) is 10.4 Å². The predicted molar refractivity (Wildman–Crippen MR) is 57.7 cm³/mol. The summed E-state index contributed by atoms with van der Waals surface area (Å²) in [6, 6.07) is 2.29. The van der Waals surface area contributed by atoms with Gasteiger partial charge in [-0.15, -0.1) is 0 Å². The minimum atomic E-state index is -1.51. The molecule has 1 saturated carbocycles. The van der Waals surface area contributed by atoms with Gasteiger partial charge in [0.15, 0.2) is 0 Å². The lowest BCUT2D eigenvalue weighted by Gasteiger charge is -2.19. The van der Waals surface area contributed by atoms with Crippen LogP contribution in [0.3, 0.4) is 0 Å². The second kappa shape index (κ2) is 4.39. The Kier molecular flexibility index (Phi) is 3.28. The van der Waals surface area contributed by atoms with Gasteiger partial charge in [-0.2, -0.15) is 0 Å². The number of hydrogen-bond donors (Lipinski definition) is 2. The van der Waals surface area contributed by atoms with Gasteiger partial charge in [0, 0.05) is 0 Å². The Morgan fingerprint density at radius 2 is 1.88 bits per heavy atom. The van der Waals surface area contributed by atoms with E-state index in [1.54, 1.807) is 0 Å². The third-order valence-corrected chi connectivity index (χ3v) is 3.42. The number of hydrogen-bond acceptors (Lipinski definition) is 2. The summed E-state index contributed by atoms with van der Waals surface area (Å²) in [4.78, 5) is 0. The highest BCUT2D eigenvalue weighted by Gasteiger charge is 2.37. The average molecular weight is 293 g/mol. The van der Waals surface area contributed by atoms with E-state index in [4.69, 9.17) is 0 Å². The Morgan fingerprint density at radius 3 is 2.44 bits per heavy atom. The molecule has 0 amide bonds. The maximum atomic E-state index is 13.6. The van der Waals surface area contributed by atoms with Gasteiger partial charge in [0.05, 0.1) is 16.1 Å². The summed E-state index contributed by atoms with van der Waals surface area (Å²) in [5, 5.41) is 19.4. The fourth-order valence-corrected chi connectivity index (χ4v) is 2.03. The molecule has 1 aliphatic carbocycles. The van der Waals surface area contributed by atoms with Crippen LogP contribution in [0.25, 0.3) is 0 Å². The fraction of sp³-hybridized carbons (Fsp3) is 0.455. The highest BCUT2D eigenvalue weighted by Crippen LogP contribution is 2.39. The lowest BCUT2D eigenvalue weighted by atomic mass is 10.00. The molecule has 0 saturated heterocycles. The summed E-state index contributed by atoms with van der Waals surface area (Å²) in [5.74, 6) is -1.74. The van der Waals surface area contributed by atoms with Gasteiger partial charge in [0.1, 0.15) is 17.7 Å². The first-order valence-electron chi connectivity index (χ1n) is 5.02. The first-order valence-corrected chi connectivity index (χ1v) is 5.81. The summed E-state index contributed by atoms with van der Waals surface area (Å²) in [6.45, 7) is 0. The Morgan fingerprint density at radius 1 is 1.25 bits per heavy atom. The smallest absolute Gasteiger partial charge is 0.146 e. The topological polar surface area (TPSA) is 40.5 Å². The maximum Gasteiger partial charge on any atom is 0.146 e. The molecule has 1 fully saturated rings. The summed E-state index contributed by atoms with van der Waals surface area (Å²) >= 11 is 2.92. The first kappa shape index (κ1) is 12.0. The molecule has 0 bridgehead atoms. The van der Waals surface area contributed by atoms with Crippen molar-refractivity contribution in [2.75, 3.05) is 0 Å². The molecule has 2 nitrogen and oxygen atoms in total. The second-order valence-corrected chi connectivity index (χ2v) is 4.88. The zero-order chi connectivity index (χ0) is 11.9. The van der Waals surface area contributed by atoms with Gasteiger partial charge in [-0.25, -0.2) is 8.78 Å². The van der Waals surface area contributed by atoms with Crippen LogP contribution in [-0.4, -0.2) is 16.3 Å². The zero-order valence-corrected chi connectivity index (χ0v) is 9.92. The molecule has 2 rings (SSSR count). The Bertz CT molecular complexity index is 407. The van der Waals surface area contributed by atoms with Crippen molar-refractivity contribution in [1.29, 1.82) is 0 Å². The van der Waals surface area contributed by atoms with Crippen molar-refractivity contribution < 1.29 is 19.0 Å². The van der Waals surface area contributed by atoms with Gasteiger partial charge in [0.25, 0.3) is 0 Å². The van der Waals surface area contributed by atoms with Gasteiger partial charge < -0.3 is 10.2 Å². The Balaban J connectivity index is 2.34. The molecule has 1 aliphatic rings. The van der Waals surface area contributed by atoms with E-state index in [0.717, 1.165) is 18.9 Å². The van der Waals surface area contributed by atoms with Gasteiger partial charge in [-0.1, -0.05) is 0 Å². The van der Waals surface area contributed by atoms with Crippen LogP contribution >= 0.6 is 15.9 Å². The van der Waals surface area contributed by atoms with Crippen molar-refractivity contribution in [2.24, 2.45) is 5.92 Å². The molecule has 5 heteroatoms. The van der Waals surface area contributed by atoms with Gasteiger partial charge >= 0.3 is 0 Å². The highest BCUT2D eigenvalue weighted by atomic mass is 79.9. The van der Waals surface area contributed by atoms with Gasteiger partial charge in [-0.05, 0) is 46.8 Å². The van der Waals surface area contributed by atoms with Crippen LogP contribution in [-0.2, 0) is 0 Å². The van der Waals surface area contributed by atoms with E-state index in [1.165, 1.54) is 6.07 Å². The van der Waals surface area contributed by atoms with E-state index in [2.05, 4.69) is 15.9 Å². The standard InChI is InChI=1S/C11H11BrF2O2/c12-6-3-4-7(13)8(9(6)14)11(16)10(15)5-1-2-5/h3-5,10-11,15-16H,1-2H2. The molecule has 2 unspecified atom stereocenters. The molecule has 16 heavy (non-hydrogen) atoms. The average Bonchev–Trinajstić information content (AvgIpc) is 3.06. The monoisotopic (exact) mass is 292 g/mol. The molecule has 88 valence electrons. The minimum Gasteiger partial charge on any atom is -0.390 e. The fourth-order valence-electron chi connectivity index (χ4n) is 1.68. The largest absolute Gasteiger partial charge is 0.390 e. The number of rotatable bonds is 3. The van der Waals surface area contributed by atoms with E-state index < -0.39 is 29.4 Å². The third-order valence-electron chi connectivity index (χ3n) is 2.80.